The summed E-state index contributed by atoms with van der Waals surface area (Å²) in [7, 11) is 0. The molecule has 222 valence electrons. The largest absolute Gasteiger partial charge is 0.324 e. The van der Waals surface area contributed by atoms with Crippen molar-refractivity contribution in [2.75, 3.05) is 0 Å². The molecule has 0 atom stereocenters. The maximum Gasteiger partial charge on any atom is 0.164 e. The molecular formula is C38H30N8. The number of unbranched alkanes of at least 4 members (excludes halogenated alkanes) is 3. The van der Waals surface area contributed by atoms with Gasteiger partial charge < -0.3 is 9.97 Å². The molecule has 8 heteroatoms. The molecule has 0 unspecified atom stereocenters. The van der Waals surface area contributed by atoms with E-state index in [1.54, 1.807) is 0 Å². The molecule has 0 amide bonds. The molecule has 7 aromatic rings. The Hall–Kier alpha value is -5.76. The molecule has 2 aliphatic heterocycles. The van der Waals surface area contributed by atoms with Gasteiger partial charge in [0.1, 0.15) is 22.6 Å². The van der Waals surface area contributed by atoms with Crippen molar-refractivity contribution in [2.45, 2.75) is 39.0 Å². The molecule has 4 aromatic carbocycles. The standard InChI is InChI=1S/C38H30N8/c1-2-3-4-5-13-22-14-12-21-29-30(22)38-45-36-28-20-11-10-19-27(28)34(43-36)41-32-24-16-7-6-15-23(24)31(39-32)40-33-25-17-8-9-18-26(25)35(42-33)44-37(29)46-38/h6-12,14-21H,2-5,13H2,1H3,(H2,39,40,41,42,43,44,45,46). The van der Waals surface area contributed by atoms with Crippen molar-refractivity contribution in [3.63, 3.8) is 0 Å². The smallest absolute Gasteiger partial charge is 0.164 e. The summed E-state index contributed by atoms with van der Waals surface area (Å²) in [6, 6.07) is 30.9. The van der Waals surface area contributed by atoms with Gasteiger partial charge >= 0.3 is 0 Å². The fourth-order valence-electron chi connectivity index (χ4n) is 6.71. The highest BCUT2D eigenvalue weighted by Gasteiger charge is 2.22. The Balaban J connectivity index is 1.43. The van der Waals surface area contributed by atoms with Crippen LogP contribution in [0.15, 0.2) is 91.0 Å². The predicted octanol–water partition coefficient (Wildman–Crippen LogP) is 8.99. The van der Waals surface area contributed by atoms with Crippen LogP contribution in [0.25, 0.3) is 89.7 Å². The molecule has 2 aliphatic rings. The maximum absolute atomic E-state index is 5.22. The fourth-order valence-corrected chi connectivity index (χ4v) is 6.71. The lowest BCUT2D eigenvalue weighted by molar-refractivity contribution is 0.668. The molecular weight excluding hydrogens is 568 g/mol. The van der Waals surface area contributed by atoms with Crippen LogP contribution >= 0.6 is 0 Å². The van der Waals surface area contributed by atoms with Crippen molar-refractivity contribution in [3.8, 4) is 45.6 Å². The average Bonchev–Trinajstić information content (AvgIpc) is 3.83. The van der Waals surface area contributed by atoms with Crippen molar-refractivity contribution in [1.82, 2.24) is 39.9 Å². The predicted molar refractivity (Wildman–Crippen MR) is 184 cm³/mol. The maximum atomic E-state index is 5.22. The van der Waals surface area contributed by atoms with Crippen LogP contribution in [0.3, 0.4) is 0 Å². The van der Waals surface area contributed by atoms with E-state index in [2.05, 4.69) is 65.4 Å². The Morgan fingerprint density at radius 1 is 0.435 bits per heavy atom. The zero-order valence-corrected chi connectivity index (χ0v) is 25.4. The van der Waals surface area contributed by atoms with Crippen molar-refractivity contribution in [2.24, 2.45) is 0 Å². The van der Waals surface area contributed by atoms with Crippen LogP contribution < -0.4 is 0 Å². The molecule has 0 fully saturated rings. The van der Waals surface area contributed by atoms with Gasteiger partial charge in [-0.15, -0.1) is 0 Å². The number of nitrogens with zero attached hydrogens (tertiary/aromatic N) is 6. The summed E-state index contributed by atoms with van der Waals surface area (Å²) >= 11 is 0. The van der Waals surface area contributed by atoms with Crippen LogP contribution in [0.5, 0.6) is 0 Å². The lowest BCUT2D eigenvalue weighted by Crippen LogP contribution is -1.88. The van der Waals surface area contributed by atoms with Crippen LogP contribution in [0.2, 0.25) is 0 Å². The summed E-state index contributed by atoms with van der Waals surface area (Å²) in [4.78, 5) is 37.6. The van der Waals surface area contributed by atoms with E-state index in [1.165, 1.54) is 24.8 Å². The van der Waals surface area contributed by atoms with E-state index in [1.807, 2.05) is 42.5 Å². The minimum atomic E-state index is 0.608. The Morgan fingerprint density at radius 3 is 1.43 bits per heavy atom. The molecule has 8 nitrogen and oxygen atoms in total. The van der Waals surface area contributed by atoms with Gasteiger partial charge in [-0.2, -0.15) is 0 Å². The van der Waals surface area contributed by atoms with Crippen molar-refractivity contribution in [1.29, 1.82) is 0 Å². The van der Waals surface area contributed by atoms with E-state index in [9.17, 15) is 0 Å². The van der Waals surface area contributed by atoms with Crippen LogP contribution in [0.1, 0.15) is 38.2 Å². The lowest BCUT2D eigenvalue weighted by atomic mass is 10.0. The van der Waals surface area contributed by atoms with Crippen molar-refractivity contribution < 1.29 is 0 Å². The van der Waals surface area contributed by atoms with Crippen LogP contribution in [-0.4, -0.2) is 39.9 Å². The highest BCUT2D eigenvalue weighted by molar-refractivity contribution is 6.07. The third-order valence-electron chi connectivity index (χ3n) is 8.97. The first-order valence-electron chi connectivity index (χ1n) is 16.0. The van der Waals surface area contributed by atoms with Gasteiger partial charge in [-0.05, 0) is 18.4 Å². The first-order valence-corrected chi connectivity index (χ1v) is 16.0. The first kappa shape index (κ1) is 26.6. The molecule has 5 heterocycles. The van der Waals surface area contributed by atoms with Gasteiger partial charge in [0, 0.05) is 43.8 Å². The molecule has 2 N–H and O–H groups in total. The van der Waals surface area contributed by atoms with Gasteiger partial charge in [-0.1, -0.05) is 117 Å². The van der Waals surface area contributed by atoms with Gasteiger partial charge in [-0.25, -0.2) is 29.9 Å². The van der Waals surface area contributed by atoms with E-state index in [0.29, 0.717) is 34.6 Å². The quantitative estimate of drug-likeness (QED) is 0.191. The second-order valence-electron chi connectivity index (χ2n) is 11.9. The molecule has 46 heavy (non-hydrogen) atoms. The first-order chi connectivity index (χ1) is 22.7. The average molecular weight is 599 g/mol. The Bertz CT molecular complexity index is 2480. The van der Waals surface area contributed by atoms with E-state index in [0.717, 1.165) is 67.9 Å². The Morgan fingerprint density at radius 2 is 0.891 bits per heavy atom. The van der Waals surface area contributed by atoms with E-state index >= 15 is 0 Å². The molecule has 0 saturated carbocycles. The summed E-state index contributed by atoms with van der Waals surface area (Å²) in [5, 5.41) is 4.02. The summed E-state index contributed by atoms with van der Waals surface area (Å²) in [6.45, 7) is 2.24. The van der Waals surface area contributed by atoms with E-state index in [-0.39, 0.29) is 0 Å². The second kappa shape index (κ2) is 10.7. The topological polar surface area (TPSA) is 109 Å². The molecule has 0 spiro atoms. The van der Waals surface area contributed by atoms with Crippen molar-refractivity contribution in [3.05, 3.63) is 96.6 Å². The number of benzene rings is 4. The zero-order valence-electron chi connectivity index (χ0n) is 25.4. The van der Waals surface area contributed by atoms with E-state index < -0.39 is 0 Å². The number of fused-ring (bicyclic) bond motifs is 20. The Kier molecular flexibility index (Phi) is 6.19. The number of hydrogen-bond acceptors (Lipinski definition) is 6. The number of aryl methyl sites for hydroxylation is 1. The highest BCUT2D eigenvalue weighted by Crippen LogP contribution is 2.37. The van der Waals surface area contributed by atoms with Crippen molar-refractivity contribution >= 4 is 44.1 Å². The van der Waals surface area contributed by atoms with Gasteiger partial charge in [0.15, 0.2) is 23.3 Å². The molecule has 8 bridgehead atoms. The van der Waals surface area contributed by atoms with Gasteiger partial charge in [-0.3, -0.25) is 0 Å². The van der Waals surface area contributed by atoms with Gasteiger partial charge in [0.2, 0.25) is 0 Å². The summed E-state index contributed by atoms with van der Waals surface area (Å²) in [5.41, 5.74) is 7.87. The normalized spacial score (nSPS) is 12.0. The molecule has 3 aromatic heterocycles. The monoisotopic (exact) mass is 598 g/mol. The molecule has 0 saturated heterocycles. The van der Waals surface area contributed by atoms with Crippen LogP contribution in [-0.2, 0) is 6.42 Å². The number of nitrogens with one attached hydrogen (secondary N) is 2. The third-order valence-corrected chi connectivity index (χ3v) is 8.97. The number of hydrogen-bond donors (Lipinski definition) is 2. The Labute approximate surface area is 264 Å². The summed E-state index contributed by atoms with van der Waals surface area (Å²) in [6.07, 6.45) is 5.73. The van der Waals surface area contributed by atoms with Gasteiger partial charge in [0.25, 0.3) is 0 Å². The number of aromatic nitrogens is 8. The fraction of sp³-hybridized carbons (Fsp3) is 0.158. The lowest BCUT2D eigenvalue weighted by Gasteiger charge is -2.03. The van der Waals surface area contributed by atoms with E-state index in [4.69, 9.17) is 29.9 Å². The number of aromatic amines is 2. The minimum absolute atomic E-state index is 0.608. The highest BCUT2D eigenvalue weighted by atomic mass is 15.1. The minimum Gasteiger partial charge on any atom is -0.324 e. The van der Waals surface area contributed by atoms with Crippen LogP contribution in [0, 0.1) is 0 Å². The molecule has 0 aliphatic carbocycles. The summed E-state index contributed by atoms with van der Waals surface area (Å²) < 4.78 is 0. The summed E-state index contributed by atoms with van der Waals surface area (Å²) in [5.74, 6) is 2.46. The number of rotatable bonds is 5. The molecule has 9 rings (SSSR count). The second-order valence-corrected chi connectivity index (χ2v) is 11.9. The SMILES string of the molecule is CCCCCCc1cccc2c3nc4nc(nc5[nH]c(nc6nc(nc([nH]3)c12)-c1ccccc1-6)c1ccccc51)-c1ccccc1-4. The number of H-pyrrole nitrogens is 2. The molecule has 0 radical (unpaired) electrons. The third kappa shape index (κ3) is 4.29. The van der Waals surface area contributed by atoms with Gasteiger partial charge in [0.05, 0.1) is 0 Å². The zero-order chi connectivity index (χ0) is 30.6. The van der Waals surface area contributed by atoms with Crippen LogP contribution in [0.4, 0.5) is 0 Å².